The molecule has 0 bridgehead atoms. The highest BCUT2D eigenvalue weighted by Crippen LogP contribution is 2.13. The van der Waals surface area contributed by atoms with Crippen LogP contribution in [0, 0.1) is 0 Å². The van der Waals surface area contributed by atoms with Crippen molar-refractivity contribution >= 4 is 17.9 Å². The van der Waals surface area contributed by atoms with Gasteiger partial charge in [0.25, 0.3) is 6.10 Å². The fourth-order valence-electron chi connectivity index (χ4n) is 5.99. The average Bonchev–Trinajstić information content (AvgIpc) is 3.07. The predicted molar refractivity (Wildman–Crippen MR) is 188 cm³/mol. The van der Waals surface area contributed by atoms with Crippen molar-refractivity contribution in [1.82, 2.24) is 9.80 Å². The molecule has 8 nitrogen and oxygen atoms in total. The lowest BCUT2D eigenvalue weighted by molar-refractivity contribution is -0.180. The Hall–Kier alpha value is -1.67. The first-order valence-corrected chi connectivity index (χ1v) is 19.5. The lowest BCUT2D eigenvalue weighted by Gasteiger charge is -2.33. The second-order valence-electron chi connectivity index (χ2n) is 13.3. The monoisotopic (exact) mass is 653 g/mol. The number of ether oxygens (including phenoxy) is 3. The minimum Gasteiger partial charge on any atom is -0.462 e. The van der Waals surface area contributed by atoms with Crippen LogP contribution in [0.5, 0.6) is 0 Å². The molecule has 0 aliphatic carbocycles. The van der Waals surface area contributed by atoms with Gasteiger partial charge >= 0.3 is 17.9 Å². The molecule has 0 saturated carbocycles. The molecule has 0 spiro atoms. The molecule has 0 aromatic carbocycles. The van der Waals surface area contributed by atoms with E-state index in [2.05, 4.69) is 30.6 Å². The zero-order chi connectivity index (χ0) is 33.5. The van der Waals surface area contributed by atoms with E-state index in [-0.39, 0.29) is 19.6 Å². The van der Waals surface area contributed by atoms with Gasteiger partial charge in [0.05, 0.1) is 19.6 Å². The maximum atomic E-state index is 12.9. The smallest absolute Gasteiger partial charge is 0.359 e. The third-order valence-electron chi connectivity index (χ3n) is 9.21. The van der Waals surface area contributed by atoms with Crippen molar-refractivity contribution in [1.29, 1.82) is 0 Å². The van der Waals surface area contributed by atoms with Crippen LogP contribution < -0.4 is 0 Å². The summed E-state index contributed by atoms with van der Waals surface area (Å²) in [5.41, 5.74) is 0. The number of esters is 3. The summed E-state index contributed by atoms with van der Waals surface area (Å²) >= 11 is 0. The van der Waals surface area contributed by atoms with Gasteiger partial charge in [0.2, 0.25) is 0 Å². The van der Waals surface area contributed by atoms with Crippen molar-refractivity contribution in [3.05, 3.63) is 0 Å². The van der Waals surface area contributed by atoms with Gasteiger partial charge in [-0.2, -0.15) is 0 Å². The Bertz CT molecular complexity index is 701. The molecule has 1 fully saturated rings. The van der Waals surface area contributed by atoms with E-state index in [1.807, 2.05) is 0 Å². The van der Waals surface area contributed by atoms with Crippen molar-refractivity contribution < 1.29 is 28.6 Å². The van der Waals surface area contributed by atoms with Gasteiger partial charge in [0.1, 0.15) is 0 Å². The van der Waals surface area contributed by atoms with Crippen LogP contribution in [0.25, 0.3) is 0 Å². The summed E-state index contributed by atoms with van der Waals surface area (Å²) in [6.07, 6.45) is 24.9. The van der Waals surface area contributed by atoms with E-state index in [9.17, 15) is 14.4 Å². The fraction of sp³-hybridized carbons (Fsp3) is 0.921. The number of carbonyl (C=O) groups excluding carboxylic acids is 3. The molecule has 1 rings (SSSR count). The Kier molecular flexibility index (Phi) is 28.2. The number of likely N-dealkylation sites (N-methyl/N-ethyl adjacent to an activating group) is 1. The molecule has 0 unspecified atom stereocenters. The van der Waals surface area contributed by atoms with Crippen LogP contribution in [0.3, 0.4) is 0 Å². The molecule has 46 heavy (non-hydrogen) atoms. The Morgan fingerprint density at radius 1 is 0.500 bits per heavy atom. The molecule has 0 aromatic rings. The van der Waals surface area contributed by atoms with Gasteiger partial charge < -0.3 is 24.0 Å². The molecular formula is C38H72N2O6. The van der Waals surface area contributed by atoms with Gasteiger partial charge in [0, 0.05) is 32.7 Å². The number of unbranched alkanes of at least 4 members (excludes halogenated alkanes) is 20. The summed E-state index contributed by atoms with van der Waals surface area (Å²) in [5.74, 6) is -2.21. The first-order chi connectivity index (χ1) is 22.5. The molecule has 1 heterocycles. The standard InChI is InChI=1S/C38H72N2O6/c1-4-7-9-11-13-15-17-19-21-23-25-33-44-37(42)36(46-35(41)27-28-40-31-29-39(6-3)30-32-40)38(43)45-34-26-24-22-20-18-16-14-12-10-8-5-2/h36H,4-34H2,1-3H3. The summed E-state index contributed by atoms with van der Waals surface area (Å²) in [4.78, 5) is 43.1. The summed E-state index contributed by atoms with van der Waals surface area (Å²) in [7, 11) is 0. The maximum Gasteiger partial charge on any atom is 0.359 e. The average molecular weight is 653 g/mol. The van der Waals surface area contributed by atoms with E-state index in [1.165, 1.54) is 103 Å². The van der Waals surface area contributed by atoms with Gasteiger partial charge in [0.15, 0.2) is 0 Å². The SMILES string of the molecule is CCCCCCCCCCCCCOC(=O)C(OC(=O)CCN1CCN(CC)CC1)C(=O)OCCCCCCCCCCCCC. The van der Waals surface area contributed by atoms with Gasteiger partial charge in [-0.1, -0.05) is 149 Å². The minimum atomic E-state index is -1.65. The third-order valence-corrected chi connectivity index (χ3v) is 9.21. The van der Waals surface area contributed by atoms with Crippen LogP contribution in [-0.2, 0) is 28.6 Å². The highest BCUT2D eigenvalue weighted by Gasteiger charge is 2.34. The van der Waals surface area contributed by atoms with Crippen LogP contribution in [0.1, 0.15) is 168 Å². The van der Waals surface area contributed by atoms with Crippen LogP contribution in [0.15, 0.2) is 0 Å². The van der Waals surface area contributed by atoms with Gasteiger partial charge in [-0.05, 0) is 19.4 Å². The topological polar surface area (TPSA) is 85.4 Å². The molecule has 1 saturated heterocycles. The Balaban J connectivity index is 2.35. The van der Waals surface area contributed by atoms with Crippen molar-refractivity contribution in [3.8, 4) is 0 Å². The van der Waals surface area contributed by atoms with Crippen molar-refractivity contribution in [2.75, 3.05) is 52.5 Å². The van der Waals surface area contributed by atoms with Gasteiger partial charge in [-0.25, -0.2) is 9.59 Å². The first kappa shape index (κ1) is 42.4. The van der Waals surface area contributed by atoms with Crippen LogP contribution in [-0.4, -0.2) is 86.3 Å². The predicted octanol–water partition coefficient (Wildman–Crippen LogP) is 8.63. The lowest BCUT2D eigenvalue weighted by Crippen LogP contribution is -2.46. The molecule has 1 aliphatic rings. The highest BCUT2D eigenvalue weighted by atomic mass is 16.6. The second kappa shape index (κ2) is 30.7. The van der Waals surface area contributed by atoms with Crippen molar-refractivity contribution in [2.24, 2.45) is 0 Å². The summed E-state index contributed by atoms with van der Waals surface area (Å²) in [5, 5.41) is 0. The summed E-state index contributed by atoms with van der Waals surface area (Å²) in [6, 6.07) is 0. The fourth-order valence-corrected chi connectivity index (χ4v) is 5.99. The van der Waals surface area contributed by atoms with E-state index < -0.39 is 24.0 Å². The molecule has 8 heteroatoms. The highest BCUT2D eigenvalue weighted by molar-refractivity contribution is 5.99. The molecule has 0 radical (unpaired) electrons. The van der Waals surface area contributed by atoms with E-state index in [1.54, 1.807) is 0 Å². The molecule has 1 aliphatic heterocycles. The summed E-state index contributed by atoms with van der Waals surface area (Å²) in [6.45, 7) is 12.4. The van der Waals surface area contributed by atoms with Crippen molar-refractivity contribution in [2.45, 2.75) is 175 Å². The Morgan fingerprint density at radius 3 is 1.22 bits per heavy atom. The molecule has 0 N–H and O–H groups in total. The maximum absolute atomic E-state index is 12.9. The third kappa shape index (κ3) is 23.6. The summed E-state index contributed by atoms with van der Waals surface area (Å²) < 4.78 is 16.2. The van der Waals surface area contributed by atoms with Gasteiger partial charge in [-0.3, -0.25) is 4.79 Å². The Morgan fingerprint density at radius 2 is 0.848 bits per heavy atom. The number of hydrogen-bond donors (Lipinski definition) is 0. The second-order valence-corrected chi connectivity index (χ2v) is 13.3. The number of nitrogens with zero attached hydrogens (tertiary/aromatic N) is 2. The minimum absolute atomic E-state index is 0.125. The van der Waals surface area contributed by atoms with Gasteiger partial charge in [-0.15, -0.1) is 0 Å². The number of hydrogen-bond acceptors (Lipinski definition) is 8. The molecular weight excluding hydrogens is 580 g/mol. The molecule has 270 valence electrons. The zero-order valence-corrected chi connectivity index (χ0v) is 30.3. The molecule has 0 amide bonds. The van der Waals surface area contributed by atoms with E-state index >= 15 is 0 Å². The van der Waals surface area contributed by atoms with E-state index in [4.69, 9.17) is 14.2 Å². The number of carbonyl (C=O) groups is 3. The van der Waals surface area contributed by atoms with E-state index in [0.717, 1.165) is 71.2 Å². The largest absolute Gasteiger partial charge is 0.462 e. The normalized spacial score (nSPS) is 14.1. The van der Waals surface area contributed by atoms with Crippen LogP contribution >= 0.6 is 0 Å². The quantitative estimate of drug-likeness (QED) is 0.0318. The van der Waals surface area contributed by atoms with Crippen LogP contribution in [0.4, 0.5) is 0 Å². The van der Waals surface area contributed by atoms with Crippen LogP contribution in [0.2, 0.25) is 0 Å². The molecule has 0 atom stereocenters. The lowest BCUT2D eigenvalue weighted by atomic mass is 10.1. The number of piperazine rings is 1. The molecule has 0 aromatic heterocycles. The Labute approximate surface area is 283 Å². The van der Waals surface area contributed by atoms with E-state index in [0.29, 0.717) is 6.54 Å². The van der Waals surface area contributed by atoms with Crippen molar-refractivity contribution in [3.63, 3.8) is 0 Å². The first-order valence-electron chi connectivity index (χ1n) is 19.5. The number of rotatable bonds is 31. The zero-order valence-electron chi connectivity index (χ0n) is 30.3.